The van der Waals surface area contributed by atoms with E-state index in [0.717, 1.165) is 34.8 Å². The van der Waals surface area contributed by atoms with Crippen LogP contribution in [0.4, 0.5) is 0 Å². The Bertz CT molecular complexity index is 1270. The molecule has 36 heavy (non-hydrogen) atoms. The summed E-state index contributed by atoms with van der Waals surface area (Å²) in [6.45, 7) is 7.06. The maximum Gasteiger partial charge on any atom is 0.150 e. The van der Waals surface area contributed by atoms with Crippen LogP contribution in [0, 0.1) is 0 Å². The summed E-state index contributed by atoms with van der Waals surface area (Å²) >= 11 is 7.06. The number of rotatable bonds is 11. The van der Waals surface area contributed by atoms with Crippen molar-refractivity contribution in [3.8, 4) is 11.5 Å². The van der Waals surface area contributed by atoms with Gasteiger partial charge < -0.3 is 9.47 Å². The van der Waals surface area contributed by atoms with Crippen LogP contribution in [0.5, 0.6) is 11.5 Å². The number of carbonyl (C=O) groups is 2. The predicted molar refractivity (Wildman–Crippen MR) is 157 cm³/mol. The highest BCUT2D eigenvalue weighted by atomic mass is 79.9. The number of benzene rings is 3. The molecule has 0 unspecified atom stereocenters. The second kappa shape index (κ2) is 12.3. The van der Waals surface area contributed by atoms with Crippen LogP contribution in [0.3, 0.4) is 0 Å². The molecule has 0 bridgehead atoms. The van der Waals surface area contributed by atoms with Gasteiger partial charge in [-0.3, -0.25) is 9.59 Å². The van der Waals surface area contributed by atoms with E-state index in [-0.39, 0.29) is 0 Å². The monoisotopic (exact) mass is 630 g/mol. The van der Waals surface area contributed by atoms with Gasteiger partial charge in [-0.15, -0.1) is 0 Å². The van der Waals surface area contributed by atoms with Gasteiger partial charge in [0.05, 0.1) is 22.3 Å². The van der Waals surface area contributed by atoms with Crippen LogP contribution in [0.25, 0.3) is 0 Å². The van der Waals surface area contributed by atoms with Gasteiger partial charge in [0.2, 0.25) is 0 Å². The molecule has 0 aliphatic heterocycles. The molecular weight excluding hydrogens is 600 g/mol. The van der Waals surface area contributed by atoms with Crippen LogP contribution in [0.15, 0.2) is 42.5 Å². The molecule has 3 aromatic rings. The van der Waals surface area contributed by atoms with E-state index >= 15 is 0 Å². The summed E-state index contributed by atoms with van der Waals surface area (Å²) in [5.74, 6) is 1.43. The first-order valence-electron chi connectivity index (χ1n) is 11.7. The van der Waals surface area contributed by atoms with Crippen molar-refractivity contribution < 1.29 is 19.1 Å². The maximum absolute atomic E-state index is 12.0. The van der Waals surface area contributed by atoms with Crippen LogP contribution < -0.4 is 14.7 Å². The quantitative estimate of drug-likeness (QED) is 0.132. The Balaban J connectivity index is 2.14. The molecule has 0 amide bonds. The molecule has 7 heteroatoms. The molecule has 3 rings (SSSR count). The van der Waals surface area contributed by atoms with E-state index in [1.165, 1.54) is 16.3 Å². The first-order chi connectivity index (χ1) is 17.2. The molecule has 0 radical (unpaired) electrons. The minimum absolute atomic E-state index is 0.598. The van der Waals surface area contributed by atoms with E-state index < -0.39 is 8.07 Å². The molecular formula is C29H32Br2O4Si. The minimum Gasteiger partial charge on any atom is -0.496 e. The molecule has 0 spiro atoms. The molecule has 4 nitrogen and oxygen atoms in total. The lowest BCUT2D eigenvalue weighted by Gasteiger charge is -2.26. The minimum atomic E-state index is -1.79. The van der Waals surface area contributed by atoms with E-state index in [9.17, 15) is 9.59 Å². The van der Waals surface area contributed by atoms with Crippen LogP contribution in [-0.4, -0.2) is 34.9 Å². The Morgan fingerprint density at radius 1 is 0.694 bits per heavy atom. The van der Waals surface area contributed by atoms with Gasteiger partial charge in [-0.25, -0.2) is 0 Å². The van der Waals surface area contributed by atoms with Crippen LogP contribution in [-0.2, 0) is 23.5 Å². The van der Waals surface area contributed by atoms with Gasteiger partial charge in [0.25, 0.3) is 0 Å². The zero-order chi connectivity index (χ0) is 26.5. The van der Waals surface area contributed by atoms with Gasteiger partial charge in [0.1, 0.15) is 24.1 Å². The normalized spacial score (nSPS) is 11.3. The third-order valence-electron chi connectivity index (χ3n) is 6.38. The number of methoxy groups -OCH3 is 2. The fourth-order valence-electron chi connectivity index (χ4n) is 4.82. The fourth-order valence-corrected chi connectivity index (χ4v) is 8.01. The first kappa shape index (κ1) is 28.3. The Kier molecular flexibility index (Phi) is 9.72. The molecule has 0 N–H and O–H groups in total. The number of halogens is 2. The van der Waals surface area contributed by atoms with Gasteiger partial charge in [-0.2, -0.15) is 0 Å². The van der Waals surface area contributed by atoms with Gasteiger partial charge >= 0.3 is 0 Å². The number of aldehydes is 2. The van der Waals surface area contributed by atoms with Crippen molar-refractivity contribution in [1.29, 1.82) is 0 Å². The van der Waals surface area contributed by atoms with Gasteiger partial charge in [-0.05, 0) is 46.4 Å². The van der Waals surface area contributed by atoms with E-state index in [4.69, 9.17) is 9.47 Å². The van der Waals surface area contributed by atoms with E-state index in [2.05, 4.69) is 81.8 Å². The molecule has 0 aliphatic rings. The van der Waals surface area contributed by atoms with Crippen molar-refractivity contribution in [3.63, 3.8) is 0 Å². The van der Waals surface area contributed by atoms with E-state index in [1.807, 2.05) is 12.1 Å². The smallest absolute Gasteiger partial charge is 0.150 e. The largest absolute Gasteiger partial charge is 0.496 e. The number of hydrogen-bond donors (Lipinski definition) is 0. The highest BCUT2D eigenvalue weighted by Gasteiger charge is 2.25. The van der Waals surface area contributed by atoms with Crippen molar-refractivity contribution >= 4 is 57.7 Å². The van der Waals surface area contributed by atoms with Crippen molar-refractivity contribution in [1.82, 2.24) is 0 Å². The Labute approximate surface area is 231 Å². The van der Waals surface area contributed by atoms with E-state index in [1.54, 1.807) is 14.2 Å². The highest BCUT2D eigenvalue weighted by Crippen LogP contribution is 2.29. The summed E-state index contributed by atoms with van der Waals surface area (Å²) in [6.07, 6.45) is 3.15. The lowest BCUT2D eigenvalue weighted by atomic mass is 9.94. The second-order valence-electron chi connectivity index (χ2n) is 9.78. The zero-order valence-electron chi connectivity index (χ0n) is 21.4. The number of alkyl halides is 2. The standard InChI is InChI=1S/C29H32Br2O4Si/c1-34-27-14-26(18-33)23(15-30)12-22(27)10-20-8-6-7-19(29(20)36(3,4)5)9-21-11-24(16-31)28(35-2)13-25(21)17-32/h6-8,11-14,17-18H,9-10,15-16H2,1-5H3. The number of carbonyl (C=O) groups excluding carboxylic acids is 2. The Morgan fingerprint density at radius 2 is 1.17 bits per heavy atom. The zero-order valence-corrected chi connectivity index (χ0v) is 25.6. The molecule has 0 aromatic heterocycles. The fraction of sp³-hybridized carbons (Fsp3) is 0.310. The maximum atomic E-state index is 12.0. The van der Waals surface area contributed by atoms with Crippen LogP contribution in [0.2, 0.25) is 19.6 Å². The SMILES string of the molecule is COc1cc(C=O)c(Cc2cccc(Cc3cc(CBr)c(C=O)cc3OC)c2[Si](C)(C)C)cc1CBr. The lowest BCUT2D eigenvalue weighted by Crippen LogP contribution is -2.43. The summed E-state index contributed by atoms with van der Waals surface area (Å²) < 4.78 is 11.2. The van der Waals surface area contributed by atoms with Crippen molar-refractivity contribution in [3.05, 3.63) is 87.0 Å². The highest BCUT2D eigenvalue weighted by molar-refractivity contribution is 9.08. The Morgan fingerprint density at radius 3 is 1.64 bits per heavy atom. The van der Waals surface area contributed by atoms with Crippen LogP contribution >= 0.6 is 31.9 Å². The van der Waals surface area contributed by atoms with Crippen molar-refractivity contribution in [2.75, 3.05) is 14.2 Å². The second-order valence-corrected chi connectivity index (χ2v) is 15.9. The topological polar surface area (TPSA) is 52.6 Å². The molecule has 0 aliphatic carbocycles. The van der Waals surface area contributed by atoms with Crippen molar-refractivity contribution in [2.45, 2.75) is 43.1 Å². The lowest BCUT2D eigenvalue weighted by molar-refractivity contribution is 0.111. The molecule has 190 valence electrons. The molecule has 0 saturated heterocycles. The third-order valence-corrected chi connectivity index (χ3v) is 9.73. The molecule has 0 heterocycles. The van der Waals surface area contributed by atoms with E-state index in [0.29, 0.717) is 46.1 Å². The number of hydrogen-bond acceptors (Lipinski definition) is 4. The molecule has 3 aromatic carbocycles. The molecule has 0 fully saturated rings. The van der Waals surface area contributed by atoms with Gasteiger partial charge in [0, 0.05) is 33.8 Å². The molecule has 0 atom stereocenters. The third kappa shape index (κ3) is 6.18. The van der Waals surface area contributed by atoms with Crippen molar-refractivity contribution in [2.24, 2.45) is 0 Å². The number of ether oxygens (including phenoxy) is 2. The Hall–Kier alpha value is -2.22. The summed E-state index contributed by atoms with van der Waals surface area (Å²) in [6, 6.07) is 14.3. The average Bonchev–Trinajstić information content (AvgIpc) is 2.87. The van der Waals surface area contributed by atoms with Gasteiger partial charge in [0.15, 0.2) is 0 Å². The average molecular weight is 632 g/mol. The molecule has 0 saturated carbocycles. The summed E-state index contributed by atoms with van der Waals surface area (Å²) in [5.41, 5.74) is 7.79. The predicted octanol–water partition coefficient (Wildman–Crippen LogP) is 6.85. The summed E-state index contributed by atoms with van der Waals surface area (Å²) in [4.78, 5) is 23.5. The summed E-state index contributed by atoms with van der Waals surface area (Å²) in [7, 11) is 1.47. The van der Waals surface area contributed by atoms with Crippen LogP contribution in [0.1, 0.15) is 54.1 Å². The summed E-state index contributed by atoms with van der Waals surface area (Å²) in [5, 5.41) is 2.64. The first-order valence-corrected chi connectivity index (χ1v) is 17.5. The van der Waals surface area contributed by atoms with Gasteiger partial charge in [-0.1, -0.05) is 87.0 Å².